The number of carbonyl (C=O) groups is 1. The summed E-state index contributed by atoms with van der Waals surface area (Å²) in [6, 6.07) is 7.35. The fourth-order valence-electron chi connectivity index (χ4n) is 1.92. The molecular formula is C15H24N2O3S. The van der Waals surface area contributed by atoms with Crippen molar-refractivity contribution >= 4 is 21.6 Å². The molecule has 0 saturated carbocycles. The Labute approximate surface area is 127 Å². The molecule has 1 aromatic rings. The second kappa shape index (κ2) is 7.45. The quantitative estimate of drug-likeness (QED) is 0.838. The van der Waals surface area contributed by atoms with Crippen LogP contribution >= 0.6 is 0 Å². The normalized spacial score (nSPS) is 12.8. The molecule has 1 N–H and O–H groups in total. The Morgan fingerprint density at radius 2 is 2.05 bits per heavy atom. The maximum Gasteiger partial charge on any atom is 0.232 e. The fourth-order valence-corrected chi connectivity index (χ4v) is 2.84. The molecule has 0 aliphatic carbocycles. The molecule has 118 valence electrons. The third kappa shape index (κ3) is 5.75. The monoisotopic (exact) mass is 312 g/mol. The summed E-state index contributed by atoms with van der Waals surface area (Å²) in [5.41, 5.74) is 1.57. The summed E-state index contributed by atoms with van der Waals surface area (Å²) in [4.78, 5) is 11.8. The van der Waals surface area contributed by atoms with Crippen molar-refractivity contribution in [2.75, 3.05) is 17.1 Å². The lowest BCUT2D eigenvalue weighted by atomic mass is 10.2. The molecule has 0 aliphatic heterocycles. The molecule has 0 heterocycles. The van der Waals surface area contributed by atoms with E-state index >= 15 is 0 Å². The highest BCUT2D eigenvalue weighted by Crippen LogP contribution is 2.19. The number of benzene rings is 1. The van der Waals surface area contributed by atoms with Crippen LogP contribution in [0.3, 0.4) is 0 Å². The van der Waals surface area contributed by atoms with Crippen molar-refractivity contribution in [1.29, 1.82) is 0 Å². The van der Waals surface area contributed by atoms with E-state index in [2.05, 4.69) is 5.32 Å². The molecule has 0 aromatic heterocycles. The average molecular weight is 312 g/mol. The third-order valence-corrected chi connectivity index (χ3v) is 4.45. The number of hydrogen-bond donors (Lipinski definition) is 1. The van der Waals surface area contributed by atoms with Crippen LogP contribution in [0, 0.1) is 6.92 Å². The number of hydrogen-bond acceptors (Lipinski definition) is 3. The standard InChI is InChI=1S/C15H24N2O3S/c1-5-13(3)16-15(18)9-10-17(21(4,19)20)14-8-6-7-12(2)11-14/h6-8,11,13H,5,9-10H2,1-4H3,(H,16,18). The lowest BCUT2D eigenvalue weighted by Gasteiger charge is -2.23. The Morgan fingerprint density at radius 1 is 1.38 bits per heavy atom. The van der Waals surface area contributed by atoms with Gasteiger partial charge in [0.25, 0.3) is 0 Å². The minimum absolute atomic E-state index is 0.100. The van der Waals surface area contributed by atoms with Gasteiger partial charge in [-0.15, -0.1) is 0 Å². The van der Waals surface area contributed by atoms with Crippen LogP contribution in [0.4, 0.5) is 5.69 Å². The molecule has 1 unspecified atom stereocenters. The molecule has 0 radical (unpaired) electrons. The van der Waals surface area contributed by atoms with Gasteiger partial charge < -0.3 is 5.32 Å². The molecule has 6 heteroatoms. The van der Waals surface area contributed by atoms with Crippen molar-refractivity contribution in [2.45, 2.75) is 39.7 Å². The molecule has 0 spiro atoms. The molecule has 21 heavy (non-hydrogen) atoms. The predicted octanol–water partition coefficient (Wildman–Crippen LogP) is 2.07. The molecule has 0 fully saturated rings. The summed E-state index contributed by atoms with van der Waals surface area (Å²) >= 11 is 0. The van der Waals surface area contributed by atoms with E-state index < -0.39 is 10.0 Å². The summed E-state index contributed by atoms with van der Waals surface area (Å²) < 4.78 is 25.1. The van der Waals surface area contributed by atoms with Crippen LogP contribution in [-0.4, -0.2) is 33.2 Å². The van der Waals surface area contributed by atoms with Crippen LogP contribution in [0.2, 0.25) is 0 Å². The number of anilines is 1. The minimum atomic E-state index is -3.41. The first-order valence-corrected chi connectivity index (χ1v) is 8.92. The van der Waals surface area contributed by atoms with Crippen LogP contribution in [-0.2, 0) is 14.8 Å². The van der Waals surface area contributed by atoms with E-state index in [0.29, 0.717) is 5.69 Å². The molecule has 1 rings (SSSR count). The van der Waals surface area contributed by atoms with E-state index in [1.54, 1.807) is 12.1 Å². The third-order valence-electron chi connectivity index (χ3n) is 3.25. The number of carbonyl (C=O) groups excluding carboxylic acids is 1. The summed E-state index contributed by atoms with van der Waals surface area (Å²) in [5.74, 6) is -0.134. The lowest BCUT2D eigenvalue weighted by Crippen LogP contribution is -2.37. The maximum atomic E-state index is 11.9. The number of amides is 1. The highest BCUT2D eigenvalue weighted by molar-refractivity contribution is 7.92. The summed E-state index contributed by atoms with van der Waals surface area (Å²) in [6.07, 6.45) is 2.15. The van der Waals surface area contributed by atoms with Gasteiger partial charge in [-0.25, -0.2) is 8.42 Å². The van der Waals surface area contributed by atoms with Crippen LogP contribution in [0.5, 0.6) is 0 Å². The highest BCUT2D eigenvalue weighted by atomic mass is 32.2. The molecule has 1 aromatic carbocycles. The minimum Gasteiger partial charge on any atom is -0.354 e. The largest absolute Gasteiger partial charge is 0.354 e. The molecule has 5 nitrogen and oxygen atoms in total. The van der Waals surface area contributed by atoms with Crippen molar-refractivity contribution in [3.05, 3.63) is 29.8 Å². The molecule has 1 amide bonds. The average Bonchev–Trinajstić information content (AvgIpc) is 2.37. The van der Waals surface area contributed by atoms with E-state index in [4.69, 9.17) is 0 Å². The number of aryl methyl sites for hydroxylation is 1. The van der Waals surface area contributed by atoms with Crippen LogP contribution in [0.15, 0.2) is 24.3 Å². The van der Waals surface area contributed by atoms with E-state index in [0.717, 1.165) is 18.2 Å². The Hall–Kier alpha value is -1.56. The zero-order chi connectivity index (χ0) is 16.0. The van der Waals surface area contributed by atoms with E-state index in [-0.39, 0.29) is 24.9 Å². The van der Waals surface area contributed by atoms with E-state index in [1.165, 1.54) is 4.31 Å². The lowest BCUT2D eigenvalue weighted by molar-refractivity contribution is -0.121. The predicted molar refractivity (Wildman–Crippen MR) is 85.9 cm³/mol. The first-order chi connectivity index (χ1) is 9.74. The molecule has 0 aliphatic rings. The number of rotatable bonds is 7. The van der Waals surface area contributed by atoms with Gasteiger partial charge in [-0.1, -0.05) is 19.1 Å². The zero-order valence-electron chi connectivity index (χ0n) is 13.1. The second-order valence-corrected chi connectivity index (χ2v) is 7.21. The van der Waals surface area contributed by atoms with E-state index in [9.17, 15) is 13.2 Å². The first-order valence-electron chi connectivity index (χ1n) is 7.07. The Kier molecular flexibility index (Phi) is 6.20. The zero-order valence-corrected chi connectivity index (χ0v) is 13.9. The van der Waals surface area contributed by atoms with Gasteiger partial charge in [-0.05, 0) is 38.0 Å². The van der Waals surface area contributed by atoms with Gasteiger partial charge in [0.05, 0.1) is 11.9 Å². The Balaban J connectivity index is 2.80. The molecular weight excluding hydrogens is 288 g/mol. The van der Waals surface area contributed by atoms with Crippen LogP contribution < -0.4 is 9.62 Å². The Morgan fingerprint density at radius 3 is 2.57 bits per heavy atom. The molecule has 1 atom stereocenters. The van der Waals surface area contributed by atoms with Crippen molar-refractivity contribution in [3.63, 3.8) is 0 Å². The number of nitrogens with one attached hydrogen (secondary N) is 1. The van der Waals surface area contributed by atoms with Gasteiger partial charge in [-0.2, -0.15) is 0 Å². The summed E-state index contributed by atoms with van der Waals surface area (Å²) in [5, 5.41) is 2.84. The molecule has 0 bridgehead atoms. The first kappa shape index (κ1) is 17.5. The number of sulfonamides is 1. The van der Waals surface area contributed by atoms with Gasteiger partial charge in [0.2, 0.25) is 15.9 Å². The summed E-state index contributed by atoms with van der Waals surface area (Å²) in [6.45, 7) is 5.96. The van der Waals surface area contributed by atoms with Gasteiger partial charge in [0.15, 0.2) is 0 Å². The summed E-state index contributed by atoms with van der Waals surface area (Å²) in [7, 11) is -3.41. The van der Waals surface area contributed by atoms with E-state index in [1.807, 2.05) is 32.9 Å². The van der Waals surface area contributed by atoms with Gasteiger partial charge in [-0.3, -0.25) is 9.10 Å². The maximum absolute atomic E-state index is 11.9. The fraction of sp³-hybridized carbons (Fsp3) is 0.533. The second-order valence-electron chi connectivity index (χ2n) is 5.30. The molecule has 0 saturated heterocycles. The topological polar surface area (TPSA) is 66.5 Å². The van der Waals surface area contributed by atoms with Gasteiger partial charge >= 0.3 is 0 Å². The van der Waals surface area contributed by atoms with Crippen molar-refractivity contribution in [1.82, 2.24) is 5.32 Å². The van der Waals surface area contributed by atoms with Gasteiger partial charge in [0, 0.05) is 19.0 Å². The smallest absolute Gasteiger partial charge is 0.232 e. The van der Waals surface area contributed by atoms with Crippen LogP contribution in [0.25, 0.3) is 0 Å². The number of nitrogens with zero attached hydrogens (tertiary/aromatic N) is 1. The SMILES string of the molecule is CCC(C)NC(=O)CCN(c1cccc(C)c1)S(C)(=O)=O. The van der Waals surface area contributed by atoms with Crippen molar-refractivity contribution in [2.24, 2.45) is 0 Å². The van der Waals surface area contributed by atoms with Crippen molar-refractivity contribution in [3.8, 4) is 0 Å². The highest BCUT2D eigenvalue weighted by Gasteiger charge is 2.19. The van der Waals surface area contributed by atoms with Gasteiger partial charge in [0.1, 0.15) is 0 Å². The van der Waals surface area contributed by atoms with Crippen LogP contribution in [0.1, 0.15) is 32.3 Å². The van der Waals surface area contributed by atoms with Crippen molar-refractivity contribution < 1.29 is 13.2 Å². The Bertz CT molecular complexity index is 584.